The summed E-state index contributed by atoms with van der Waals surface area (Å²) in [5.74, 6) is 0.496. The average Bonchev–Trinajstić information content (AvgIpc) is 2.60. The molecule has 1 heterocycles. The second-order valence-corrected chi connectivity index (χ2v) is 4.96. The van der Waals surface area contributed by atoms with Gasteiger partial charge in [0, 0.05) is 18.4 Å². The molecule has 0 saturated carbocycles. The molecule has 0 unspecified atom stereocenters. The van der Waals surface area contributed by atoms with Crippen LogP contribution in [0.3, 0.4) is 0 Å². The predicted octanol–water partition coefficient (Wildman–Crippen LogP) is 1.48. The number of hydrogen-bond acceptors (Lipinski definition) is 4. The molecule has 1 aromatic carbocycles. The summed E-state index contributed by atoms with van der Waals surface area (Å²) in [5, 5.41) is 18.0. The van der Waals surface area contributed by atoms with E-state index in [4.69, 9.17) is 0 Å². The normalized spacial score (nSPS) is 11.0. The van der Waals surface area contributed by atoms with Gasteiger partial charge in [-0.3, -0.25) is 9.78 Å². The van der Waals surface area contributed by atoms with Crippen LogP contribution in [0.2, 0.25) is 0 Å². The highest BCUT2D eigenvalue weighted by atomic mass is 16.3. The van der Waals surface area contributed by atoms with Gasteiger partial charge in [-0.1, -0.05) is 6.07 Å². The van der Waals surface area contributed by atoms with Gasteiger partial charge in [-0.25, -0.2) is 4.99 Å². The zero-order chi connectivity index (χ0) is 17.2. The number of carbonyl (C=O) groups excluding carboxylic acids is 1. The SMILES string of the molecule is CCNC(=NCc1ccccn1)NCC(=O)Nc1ccc(O)cc1. The van der Waals surface area contributed by atoms with Crippen LogP contribution < -0.4 is 16.0 Å². The number of carbonyl (C=O) groups is 1. The Morgan fingerprint density at radius 2 is 1.96 bits per heavy atom. The van der Waals surface area contributed by atoms with Crippen LogP contribution in [0.5, 0.6) is 5.75 Å². The zero-order valence-corrected chi connectivity index (χ0v) is 13.5. The Balaban J connectivity index is 1.85. The van der Waals surface area contributed by atoms with Gasteiger partial charge < -0.3 is 21.1 Å². The number of aliphatic imine (C=N–C) groups is 1. The molecule has 1 aromatic heterocycles. The Morgan fingerprint density at radius 3 is 2.62 bits per heavy atom. The van der Waals surface area contributed by atoms with Crippen LogP contribution in [0.25, 0.3) is 0 Å². The van der Waals surface area contributed by atoms with Crippen LogP contribution >= 0.6 is 0 Å². The van der Waals surface area contributed by atoms with Crippen LogP contribution in [0.4, 0.5) is 5.69 Å². The van der Waals surface area contributed by atoms with Gasteiger partial charge in [-0.2, -0.15) is 0 Å². The average molecular weight is 327 g/mol. The van der Waals surface area contributed by atoms with E-state index < -0.39 is 0 Å². The molecule has 0 aliphatic rings. The Morgan fingerprint density at radius 1 is 1.17 bits per heavy atom. The smallest absolute Gasteiger partial charge is 0.243 e. The largest absolute Gasteiger partial charge is 0.508 e. The van der Waals surface area contributed by atoms with E-state index in [-0.39, 0.29) is 18.2 Å². The first-order valence-electron chi connectivity index (χ1n) is 7.68. The van der Waals surface area contributed by atoms with Gasteiger partial charge in [0.1, 0.15) is 5.75 Å². The van der Waals surface area contributed by atoms with E-state index in [9.17, 15) is 9.90 Å². The first-order valence-corrected chi connectivity index (χ1v) is 7.68. The minimum atomic E-state index is -0.205. The number of anilines is 1. The van der Waals surface area contributed by atoms with E-state index in [1.54, 1.807) is 18.3 Å². The number of phenols is 1. The highest BCUT2D eigenvalue weighted by Crippen LogP contribution is 2.13. The molecule has 0 fully saturated rings. The number of aromatic nitrogens is 1. The lowest BCUT2D eigenvalue weighted by atomic mass is 10.3. The summed E-state index contributed by atoms with van der Waals surface area (Å²) in [6.07, 6.45) is 1.72. The lowest BCUT2D eigenvalue weighted by molar-refractivity contribution is -0.115. The van der Waals surface area contributed by atoms with Crippen molar-refractivity contribution in [3.05, 3.63) is 54.4 Å². The van der Waals surface area contributed by atoms with Gasteiger partial charge in [-0.05, 0) is 43.3 Å². The van der Waals surface area contributed by atoms with E-state index in [1.165, 1.54) is 12.1 Å². The number of aromatic hydroxyl groups is 1. The summed E-state index contributed by atoms with van der Waals surface area (Å²) in [5.41, 5.74) is 1.47. The molecular weight excluding hydrogens is 306 g/mol. The summed E-state index contributed by atoms with van der Waals surface area (Å²) in [4.78, 5) is 20.5. The van der Waals surface area contributed by atoms with Gasteiger partial charge in [0.25, 0.3) is 0 Å². The summed E-state index contributed by atoms with van der Waals surface area (Å²) in [6.45, 7) is 3.15. The number of benzene rings is 1. The summed E-state index contributed by atoms with van der Waals surface area (Å²) < 4.78 is 0. The highest BCUT2D eigenvalue weighted by molar-refractivity contribution is 5.95. The van der Waals surface area contributed by atoms with Gasteiger partial charge in [0.05, 0.1) is 18.8 Å². The number of rotatable bonds is 6. The highest BCUT2D eigenvalue weighted by Gasteiger charge is 2.04. The van der Waals surface area contributed by atoms with Crippen molar-refractivity contribution in [1.29, 1.82) is 0 Å². The maximum absolute atomic E-state index is 11.9. The molecule has 0 aliphatic heterocycles. The topological polar surface area (TPSA) is 98.6 Å². The van der Waals surface area contributed by atoms with Gasteiger partial charge in [0.2, 0.25) is 5.91 Å². The van der Waals surface area contributed by atoms with E-state index >= 15 is 0 Å². The molecule has 7 heteroatoms. The molecule has 2 aromatic rings. The Labute approximate surface area is 140 Å². The van der Waals surface area contributed by atoms with Crippen molar-refractivity contribution in [3.63, 3.8) is 0 Å². The molecular formula is C17H21N5O2. The van der Waals surface area contributed by atoms with E-state index in [0.717, 1.165) is 5.69 Å². The van der Waals surface area contributed by atoms with Crippen LogP contribution in [0.15, 0.2) is 53.7 Å². The standard InChI is InChI=1S/C17H21N5O2/c1-2-18-17(20-11-14-5-3-4-10-19-14)21-12-16(24)22-13-6-8-15(23)9-7-13/h3-10,23H,2,11-12H2,1H3,(H,22,24)(H2,18,20,21). The molecule has 0 spiro atoms. The van der Waals surface area contributed by atoms with Crippen molar-refractivity contribution in [3.8, 4) is 5.75 Å². The van der Waals surface area contributed by atoms with Crippen molar-refractivity contribution in [1.82, 2.24) is 15.6 Å². The van der Waals surface area contributed by atoms with E-state index in [2.05, 4.69) is 25.9 Å². The van der Waals surface area contributed by atoms with E-state index in [0.29, 0.717) is 24.7 Å². The number of nitrogens with zero attached hydrogens (tertiary/aromatic N) is 2. The maximum Gasteiger partial charge on any atom is 0.243 e. The molecule has 126 valence electrons. The Kier molecular flexibility index (Phi) is 6.58. The molecule has 7 nitrogen and oxygen atoms in total. The number of hydrogen-bond donors (Lipinski definition) is 4. The summed E-state index contributed by atoms with van der Waals surface area (Å²) >= 11 is 0. The third-order valence-corrected chi connectivity index (χ3v) is 3.04. The first kappa shape index (κ1) is 17.3. The van der Waals surface area contributed by atoms with Crippen molar-refractivity contribution < 1.29 is 9.90 Å². The molecule has 4 N–H and O–H groups in total. The van der Waals surface area contributed by atoms with Crippen LogP contribution in [0.1, 0.15) is 12.6 Å². The van der Waals surface area contributed by atoms with E-state index in [1.807, 2.05) is 25.1 Å². The minimum Gasteiger partial charge on any atom is -0.508 e. The monoisotopic (exact) mass is 327 g/mol. The minimum absolute atomic E-state index is 0.0783. The molecule has 24 heavy (non-hydrogen) atoms. The molecule has 0 aliphatic carbocycles. The second kappa shape index (κ2) is 9.14. The number of nitrogens with one attached hydrogen (secondary N) is 3. The molecule has 0 atom stereocenters. The molecule has 2 rings (SSSR count). The van der Waals surface area contributed by atoms with Crippen molar-refractivity contribution in [2.45, 2.75) is 13.5 Å². The van der Waals surface area contributed by atoms with Crippen LogP contribution in [0, 0.1) is 0 Å². The van der Waals surface area contributed by atoms with Crippen molar-refractivity contribution in [2.75, 3.05) is 18.4 Å². The van der Waals surface area contributed by atoms with Crippen molar-refractivity contribution >= 4 is 17.6 Å². The first-order chi connectivity index (χ1) is 11.7. The van der Waals surface area contributed by atoms with Crippen LogP contribution in [-0.2, 0) is 11.3 Å². The predicted molar refractivity (Wildman–Crippen MR) is 93.8 cm³/mol. The quantitative estimate of drug-likeness (QED) is 0.366. The Bertz CT molecular complexity index is 671. The number of amides is 1. The number of phenolic OH excluding ortho intramolecular Hbond substituents is 1. The third kappa shape index (κ3) is 5.96. The molecule has 1 amide bonds. The molecule has 0 bridgehead atoms. The summed E-state index contributed by atoms with van der Waals surface area (Å²) in [6, 6.07) is 11.9. The second-order valence-electron chi connectivity index (χ2n) is 4.96. The van der Waals surface area contributed by atoms with Gasteiger partial charge in [0.15, 0.2) is 5.96 Å². The lowest BCUT2D eigenvalue weighted by Crippen LogP contribution is -2.41. The molecule has 0 radical (unpaired) electrons. The number of pyridine rings is 1. The summed E-state index contributed by atoms with van der Waals surface area (Å²) in [7, 11) is 0. The zero-order valence-electron chi connectivity index (χ0n) is 13.5. The lowest BCUT2D eigenvalue weighted by Gasteiger charge is -2.11. The maximum atomic E-state index is 11.9. The number of guanidine groups is 1. The Hall–Kier alpha value is -3.09. The molecule has 0 saturated heterocycles. The van der Waals surface area contributed by atoms with Crippen molar-refractivity contribution in [2.24, 2.45) is 4.99 Å². The fourth-order valence-corrected chi connectivity index (χ4v) is 1.91. The fraction of sp³-hybridized carbons (Fsp3) is 0.235. The third-order valence-electron chi connectivity index (χ3n) is 3.04. The fourth-order valence-electron chi connectivity index (χ4n) is 1.91. The van der Waals surface area contributed by atoms with Gasteiger partial charge in [-0.15, -0.1) is 0 Å². The van der Waals surface area contributed by atoms with Crippen LogP contribution in [-0.4, -0.2) is 35.0 Å². The van der Waals surface area contributed by atoms with Gasteiger partial charge >= 0.3 is 0 Å².